The number of ether oxygens (including phenoxy) is 1. The number of rotatable bonds is 3. The van der Waals surface area contributed by atoms with Crippen LogP contribution in [0.15, 0.2) is 23.4 Å². The largest absolute Gasteiger partial charge is 0.497 e. The molecule has 1 saturated carbocycles. The Hall–Kier alpha value is -1.20. The van der Waals surface area contributed by atoms with Gasteiger partial charge in [0.15, 0.2) is 5.16 Å². The SMILES string of the molecule is COc1ccc2nc(SC3CCCC3N)[nH]c2c1. The Morgan fingerprint density at radius 1 is 1.44 bits per heavy atom. The molecule has 96 valence electrons. The van der Waals surface area contributed by atoms with E-state index in [1.54, 1.807) is 18.9 Å². The van der Waals surface area contributed by atoms with E-state index in [1.807, 2.05) is 18.2 Å². The van der Waals surface area contributed by atoms with Crippen molar-refractivity contribution in [2.45, 2.75) is 35.7 Å². The molecule has 3 N–H and O–H groups in total. The van der Waals surface area contributed by atoms with Gasteiger partial charge in [-0.05, 0) is 25.0 Å². The van der Waals surface area contributed by atoms with Crippen molar-refractivity contribution in [1.82, 2.24) is 9.97 Å². The maximum atomic E-state index is 6.08. The van der Waals surface area contributed by atoms with E-state index in [-0.39, 0.29) is 0 Å². The van der Waals surface area contributed by atoms with Gasteiger partial charge in [-0.25, -0.2) is 4.98 Å². The minimum atomic E-state index is 0.303. The molecule has 0 amide bonds. The second-order valence-corrected chi connectivity index (χ2v) is 5.90. The predicted molar refractivity (Wildman–Crippen MR) is 74.1 cm³/mol. The number of nitrogens with two attached hydrogens (primary N) is 1. The average molecular weight is 263 g/mol. The highest BCUT2D eigenvalue weighted by Gasteiger charge is 2.25. The van der Waals surface area contributed by atoms with Crippen molar-refractivity contribution in [2.24, 2.45) is 5.73 Å². The van der Waals surface area contributed by atoms with Gasteiger partial charge in [-0.2, -0.15) is 0 Å². The number of thioether (sulfide) groups is 1. The van der Waals surface area contributed by atoms with Crippen molar-refractivity contribution < 1.29 is 4.74 Å². The highest BCUT2D eigenvalue weighted by atomic mass is 32.2. The molecule has 5 heteroatoms. The molecule has 1 fully saturated rings. The van der Waals surface area contributed by atoms with Gasteiger partial charge in [-0.3, -0.25) is 0 Å². The van der Waals surface area contributed by atoms with Crippen LogP contribution in [0.3, 0.4) is 0 Å². The van der Waals surface area contributed by atoms with Gasteiger partial charge in [0.25, 0.3) is 0 Å². The quantitative estimate of drug-likeness (QED) is 0.893. The number of hydrogen-bond donors (Lipinski definition) is 2. The Bertz CT molecular complexity index is 554. The highest BCUT2D eigenvalue weighted by Crippen LogP contribution is 2.33. The van der Waals surface area contributed by atoms with E-state index in [9.17, 15) is 0 Å². The van der Waals surface area contributed by atoms with E-state index in [4.69, 9.17) is 10.5 Å². The third-order valence-electron chi connectivity index (χ3n) is 3.43. The van der Waals surface area contributed by atoms with E-state index in [1.165, 1.54) is 12.8 Å². The lowest BCUT2D eigenvalue weighted by atomic mass is 10.3. The van der Waals surface area contributed by atoms with Crippen molar-refractivity contribution >= 4 is 22.8 Å². The molecule has 0 aliphatic heterocycles. The van der Waals surface area contributed by atoms with Gasteiger partial charge in [0, 0.05) is 17.4 Å². The lowest BCUT2D eigenvalue weighted by Gasteiger charge is -2.12. The normalized spacial score (nSPS) is 23.7. The van der Waals surface area contributed by atoms with Crippen molar-refractivity contribution in [3.63, 3.8) is 0 Å². The summed E-state index contributed by atoms with van der Waals surface area (Å²) < 4.78 is 5.21. The zero-order valence-electron chi connectivity index (χ0n) is 10.3. The predicted octanol–water partition coefficient (Wildman–Crippen LogP) is 2.54. The number of hydrogen-bond acceptors (Lipinski definition) is 4. The van der Waals surface area contributed by atoms with Crippen LogP contribution in [0, 0.1) is 0 Å². The number of aromatic nitrogens is 2. The van der Waals surface area contributed by atoms with Gasteiger partial charge < -0.3 is 15.5 Å². The number of fused-ring (bicyclic) bond motifs is 1. The monoisotopic (exact) mass is 263 g/mol. The molecule has 0 radical (unpaired) electrons. The third kappa shape index (κ3) is 2.20. The first-order valence-corrected chi connectivity index (χ1v) is 7.10. The van der Waals surface area contributed by atoms with Crippen LogP contribution >= 0.6 is 11.8 Å². The number of benzene rings is 1. The Morgan fingerprint density at radius 2 is 2.33 bits per heavy atom. The summed E-state index contributed by atoms with van der Waals surface area (Å²) in [5.41, 5.74) is 8.08. The molecule has 0 spiro atoms. The van der Waals surface area contributed by atoms with E-state index in [2.05, 4.69) is 9.97 Å². The number of nitrogens with one attached hydrogen (secondary N) is 1. The molecule has 2 aromatic rings. The topological polar surface area (TPSA) is 63.9 Å². The van der Waals surface area contributed by atoms with Crippen LogP contribution < -0.4 is 10.5 Å². The van der Waals surface area contributed by atoms with Gasteiger partial charge >= 0.3 is 0 Å². The van der Waals surface area contributed by atoms with Crippen LogP contribution in [0.2, 0.25) is 0 Å². The number of imidazole rings is 1. The van der Waals surface area contributed by atoms with Crippen LogP contribution in [-0.2, 0) is 0 Å². The minimum absolute atomic E-state index is 0.303. The molecule has 3 rings (SSSR count). The van der Waals surface area contributed by atoms with E-state index in [0.29, 0.717) is 11.3 Å². The lowest BCUT2D eigenvalue weighted by molar-refractivity contribution is 0.415. The Morgan fingerprint density at radius 3 is 3.06 bits per heavy atom. The summed E-state index contributed by atoms with van der Waals surface area (Å²) in [6, 6.07) is 6.18. The summed E-state index contributed by atoms with van der Waals surface area (Å²) in [5, 5.41) is 1.45. The number of methoxy groups -OCH3 is 1. The highest BCUT2D eigenvalue weighted by molar-refractivity contribution is 7.99. The zero-order valence-corrected chi connectivity index (χ0v) is 11.2. The van der Waals surface area contributed by atoms with Gasteiger partial charge in [0.1, 0.15) is 5.75 Å². The molecule has 4 nitrogen and oxygen atoms in total. The molecule has 1 aliphatic rings. The molecule has 2 unspecified atom stereocenters. The number of H-pyrrole nitrogens is 1. The van der Waals surface area contributed by atoms with Crippen LogP contribution in [0.1, 0.15) is 19.3 Å². The second kappa shape index (κ2) is 4.82. The van der Waals surface area contributed by atoms with Gasteiger partial charge in [-0.1, -0.05) is 18.2 Å². The molecule has 0 saturated heterocycles. The van der Waals surface area contributed by atoms with Gasteiger partial charge in [0.2, 0.25) is 0 Å². The molecule has 1 aliphatic carbocycles. The Kier molecular flexibility index (Phi) is 3.18. The van der Waals surface area contributed by atoms with Crippen LogP contribution in [-0.4, -0.2) is 28.4 Å². The standard InChI is InChI=1S/C13H17N3OS/c1-17-8-5-6-10-11(7-8)16-13(15-10)18-12-4-2-3-9(12)14/h5-7,9,12H,2-4,14H2,1H3,(H,15,16). The van der Waals surface area contributed by atoms with Crippen LogP contribution in [0.25, 0.3) is 11.0 Å². The smallest absolute Gasteiger partial charge is 0.166 e. The summed E-state index contributed by atoms with van der Waals surface area (Å²) in [6.07, 6.45) is 3.55. The van der Waals surface area contributed by atoms with Crippen LogP contribution in [0.5, 0.6) is 5.75 Å². The fraction of sp³-hybridized carbons (Fsp3) is 0.462. The van der Waals surface area contributed by atoms with Crippen LogP contribution in [0.4, 0.5) is 0 Å². The first kappa shape index (κ1) is 11.9. The molecule has 1 aromatic heterocycles. The molecular weight excluding hydrogens is 246 g/mol. The zero-order chi connectivity index (χ0) is 12.5. The molecular formula is C13H17N3OS. The van der Waals surface area contributed by atoms with E-state index in [0.717, 1.165) is 28.4 Å². The summed E-state index contributed by atoms with van der Waals surface area (Å²) in [7, 11) is 1.67. The van der Waals surface area contributed by atoms with Crippen molar-refractivity contribution in [3.05, 3.63) is 18.2 Å². The van der Waals surface area contributed by atoms with Gasteiger partial charge in [0.05, 0.1) is 18.1 Å². The molecule has 1 aromatic carbocycles. The lowest BCUT2D eigenvalue weighted by Crippen LogP contribution is -2.26. The average Bonchev–Trinajstić information content (AvgIpc) is 2.95. The minimum Gasteiger partial charge on any atom is -0.497 e. The number of aromatic amines is 1. The summed E-state index contributed by atoms with van der Waals surface area (Å²) in [4.78, 5) is 7.92. The second-order valence-electron chi connectivity index (χ2n) is 4.68. The molecule has 18 heavy (non-hydrogen) atoms. The first-order chi connectivity index (χ1) is 8.76. The Labute approximate surface area is 110 Å². The molecule has 0 bridgehead atoms. The Balaban J connectivity index is 1.84. The van der Waals surface area contributed by atoms with Crippen molar-refractivity contribution in [1.29, 1.82) is 0 Å². The maximum absolute atomic E-state index is 6.08. The van der Waals surface area contributed by atoms with Crippen molar-refractivity contribution in [2.75, 3.05) is 7.11 Å². The molecule has 1 heterocycles. The third-order valence-corrected chi connectivity index (χ3v) is 4.74. The number of nitrogens with zero attached hydrogens (tertiary/aromatic N) is 1. The molecule has 2 atom stereocenters. The fourth-order valence-electron chi connectivity index (χ4n) is 2.39. The van der Waals surface area contributed by atoms with E-state index < -0.39 is 0 Å². The first-order valence-electron chi connectivity index (χ1n) is 6.22. The summed E-state index contributed by atoms with van der Waals surface area (Å²) in [5.74, 6) is 0.847. The summed E-state index contributed by atoms with van der Waals surface area (Å²) in [6.45, 7) is 0. The fourth-order valence-corrected chi connectivity index (χ4v) is 3.59. The van der Waals surface area contributed by atoms with Crippen molar-refractivity contribution in [3.8, 4) is 5.75 Å². The maximum Gasteiger partial charge on any atom is 0.166 e. The summed E-state index contributed by atoms with van der Waals surface area (Å²) >= 11 is 1.77. The van der Waals surface area contributed by atoms with E-state index >= 15 is 0 Å². The van der Waals surface area contributed by atoms with Gasteiger partial charge in [-0.15, -0.1) is 0 Å².